The monoisotopic (exact) mass is 716 g/mol. The first-order valence-corrected chi connectivity index (χ1v) is 18.5. The highest BCUT2D eigenvalue weighted by Crippen LogP contribution is 2.40. The Hall–Kier alpha value is -5.47. The molecule has 8 nitrogen and oxygen atoms in total. The van der Waals surface area contributed by atoms with Gasteiger partial charge in [-0.3, -0.25) is 0 Å². The second-order valence-electron chi connectivity index (χ2n) is 17.3. The fourth-order valence-electron chi connectivity index (χ4n) is 7.17. The highest BCUT2D eigenvalue weighted by molar-refractivity contribution is 6.31. The van der Waals surface area contributed by atoms with Crippen LogP contribution in [0.5, 0.6) is 0 Å². The summed E-state index contributed by atoms with van der Waals surface area (Å²) in [5.41, 5.74) is 9.54. The number of hydrogen-bond donors (Lipinski definition) is 2. The van der Waals surface area contributed by atoms with Crippen LogP contribution in [0.25, 0.3) is 89.7 Å². The van der Waals surface area contributed by atoms with Crippen molar-refractivity contribution >= 4 is 55.7 Å². The summed E-state index contributed by atoms with van der Waals surface area (Å²) in [4.78, 5) is 38.3. The number of halogens is 1. The fraction of sp³-hybridized carbons (Fsp3) is 0.273. The molecule has 2 aliphatic rings. The number of rotatable bonds is 0. The van der Waals surface area contributed by atoms with Crippen LogP contribution in [0.3, 0.4) is 0 Å². The van der Waals surface area contributed by atoms with Crippen LogP contribution in [0.15, 0.2) is 72.8 Å². The topological polar surface area (TPSA) is 109 Å². The van der Waals surface area contributed by atoms with Crippen LogP contribution < -0.4 is 0 Å². The molecule has 3 aromatic heterocycles. The highest BCUT2D eigenvalue weighted by atomic mass is 35.5. The summed E-state index contributed by atoms with van der Waals surface area (Å²) in [7, 11) is 0. The fourth-order valence-corrected chi connectivity index (χ4v) is 7.34. The largest absolute Gasteiger partial charge is 0.324 e. The zero-order valence-electron chi connectivity index (χ0n) is 31.5. The number of benzene rings is 4. The lowest BCUT2D eigenvalue weighted by molar-refractivity contribution is 0.590. The van der Waals surface area contributed by atoms with Crippen LogP contribution in [0.4, 0.5) is 0 Å². The molecular weight excluding hydrogens is 676 g/mol. The summed E-state index contributed by atoms with van der Waals surface area (Å²) in [6.07, 6.45) is 0. The number of aromatic amines is 2. The van der Waals surface area contributed by atoms with Crippen LogP contribution in [0.2, 0.25) is 5.02 Å². The molecule has 0 unspecified atom stereocenters. The maximum atomic E-state index is 6.59. The predicted octanol–water partition coefficient (Wildman–Crippen LogP) is 11.4. The molecule has 0 saturated heterocycles. The molecule has 0 amide bonds. The Kier molecular flexibility index (Phi) is 7.09. The first kappa shape index (κ1) is 33.4. The van der Waals surface area contributed by atoms with Gasteiger partial charge in [0.1, 0.15) is 22.6 Å². The van der Waals surface area contributed by atoms with Crippen molar-refractivity contribution in [2.24, 2.45) is 0 Å². The van der Waals surface area contributed by atoms with Crippen LogP contribution in [-0.2, 0) is 16.2 Å². The molecule has 4 aromatic carbocycles. The molecular formula is C44H41ClN8. The van der Waals surface area contributed by atoms with Gasteiger partial charge in [0, 0.05) is 48.8 Å². The van der Waals surface area contributed by atoms with E-state index in [0.717, 1.165) is 43.8 Å². The number of nitrogens with one attached hydrogen (secondary N) is 2. The molecule has 0 aliphatic carbocycles. The third-order valence-corrected chi connectivity index (χ3v) is 10.6. The van der Waals surface area contributed by atoms with Gasteiger partial charge in [-0.1, -0.05) is 110 Å². The minimum absolute atomic E-state index is 0.0717. The quantitative estimate of drug-likeness (QED) is 0.162. The van der Waals surface area contributed by atoms with Gasteiger partial charge < -0.3 is 9.97 Å². The normalized spacial score (nSPS) is 13.1. The van der Waals surface area contributed by atoms with Gasteiger partial charge >= 0.3 is 0 Å². The molecule has 53 heavy (non-hydrogen) atoms. The minimum atomic E-state index is -0.0720. The Bertz CT molecular complexity index is 2840. The van der Waals surface area contributed by atoms with Gasteiger partial charge in [-0.15, -0.1) is 0 Å². The number of nitrogens with zero attached hydrogens (tertiary/aromatic N) is 6. The number of H-pyrrole nitrogens is 2. The third kappa shape index (κ3) is 5.59. The molecule has 0 saturated carbocycles. The van der Waals surface area contributed by atoms with E-state index in [1.165, 1.54) is 16.7 Å². The summed E-state index contributed by atoms with van der Waals surface area (Å²) >= 11 is 6.59. The Balaban J connectivity index is 1.47. The molecule has 8 bridgehead atoms. The van der Waals surface area contributed by atoms with Crippen LogP contribution in [0, 0.1) is 0 Å². The van der Waals surface area contributed by atoms with Crippen LogP contribution in [-0.4, -0.2) is 39.9 Å². The van der Waals surface area contributed by atoms with Gasteiger partial charge in [0.05, 0.1) is 0 Å². The lowest BCUT2D eigenvalue weighted by Crippen LogP contribution is -2.10. The average Bonchev–Trinajstić information content (AvgIpc) is 3.81. The van der Waals surface area contributed by atoms with Crippen molar-refractivity contribution in [3.63, 3.8) is 0 Å². The van der Waals surface area contributed by atoms with E-state index in [1.54, 1.807) is 0 Å². The van der Waals surface area contributed by atoms with Gasteiger partial charge in [-0.25, -0.2) is 29.9 Å². The predicted molar refractivity (Wildman–Crippen MR) is 217 cm³/mol. The molecule has 0 atom stereocenters. The van der Waals surface area contributed by atoms with Gasteiger partial charge in [-0.05, 0) is 69.3 Å². The van der Waals surface area contributed by atoms with Crippen molar-refractivity contribution in [1.82, 2.24) is 39.9 Å². The van der Waals surface area contributed by atoms with Crippen molar-refractivity contribution in [3.8, 4) is 45.6 Å². The zero-order valence-corrected chi connectivity index (χ0v) is 32.2. The van der Waals surface area contributed by atoms with E-state index in [2.05, 4.69) is 127 Å². The first-order chi connectivity index (χ1) is 25.0. The van der Waals surface area contributed by atoms with Crippen LogP contribution in [0.1, 0.15) is 79.0 Å². The van der Waals surface area contributed by atoms with Crippen molar-refractivity contribution in [1.29, 1.82) is 0 Å². The SMILES string of the molecule is CC(C)(C)c1ccc2c(c1)-c1nc-2nc2[nH]c(nc3nc(nc4[nH]c(n1)c1ccc(C(C)(C)C)cc41)-c1ccc(Cl)cc1-3)c1ccc(C(C)(C)C)cc21. The Morgan fingerprint density at radius 1 is 0.377 bits per heavy atom. The van der Waals surface area contributed by atoms with E-state index in [1.807, 2.05) is 18.2 Å². The number of fused-ring (bicyclic) bond motifs is 20. The second-order valence-corrected chi connectivity index (χ2v) is 17.8. The summed E-state index contributed by atoms with van der Waals surface area (Å²) < 4.78 is 0. The Labute approximate surface area is 313 Å². The molecule has 2 N–H and O–H groups in total. The van der Waals surface area contributed by atoms with Gasteiger partial charge in [0.25, 0.3) is 0 Å². The molecule has 264 valence electrons. The molecule has 2 aliphatic heterocycles. The Morgan fingerprint density at radius 3 is 1.19 bits per heavy atom. The molecule has 9 rings (SSSR count). The zero-order chi connectivity index (χ0) is 37.2. The Morgan fingerprint density at radius 2 is 0.736 bits per heavy atom. The van der Waals surface area contributed by atoms with E-state index >= 15 is 0 Å². The van der Waals surface area contributed by atoms with E-state index in [-0.39, 0.29) is 16.2 Å². The van der Waals surface area contributed by atoms with E-state index < -0.39 is 0 Å². The van der Waals surface area contributed by atoms with Crippen molar-refractivity contribution < 1.29 is 0 Å². The summed E-state index contributed by atoms with van der Waals surface area (Å²) in [6.45, 7) is 19.9. The molecule has 0 fully saturated rings. The van der Waals surface area contributed by atoms with Crippen molar-refractivity contribution in [2.45, 2.75) is 78.6 Å². The maximum Gasteiger partial charge on any atom is 0.164 e. The summed E-state index contributed by atoms with van der Waals surface area (Å²) in [5.74, 6) is 2.25. The van der Waals surface area contributed by atoms with Gasteiger partial charge in [0.2, 0.25) is 0 Å². The smallest absolute Gasteiger partial charge is 0.164 e. The summed E-state index contributed by atoms with van der Waals surface area (Å²) in [5, 5.41) is 4.38. The van der Waals surface area contributed by atoms with Crippen molar-refractivity contribution in [2.75, 3.05) is 0 Å². The second kappa shape index (κ2) is 11.3. The molecule has 9 heteroatoms. The standard InChI is InChI=1S/C44H41ClN8/c1-42(2,3)22-10-14-26-30(18-22)38-46-34(26)48-39-32-20-24(44(7,8)9)12-16-28(32)36(50-39)52-41-33-21-25(45)13-17-29(33)37(53-41)51-40-31-19-23(43(4,5)6)11-15-27(31)35(47-38)49-40/h10-21H,1-9H3,(H2,46,47,48,49,50,51,52,53). The minimum Gasteiger partial charge on any atom is -0.324 e. The van der Waals surface area contributed by atoms with E-state index in [4.69, 9.17) is 41.5 Å². The maximum absolute atomic E-state index is 6.59. The third-order valence-electron chi connectivity index (χ3n) is 10.4. The molecule has 5 heterocycles. The molecule has 0 spiro atoms. The number of hydrogen-bond acceptors (Lipinski definition) is 6. The van der Waals surface area contributed by atoms with Gasteiger partial charge in [0.15, 0.2) is 23.3 Å². The lowest BCUT2D eigenvalue weighted by Gasteiger charge is -2.19. The number of aromatic nitrogens is 8. The van der Waals surface area contributed by atoms with Gasteiger partial charge in [-0.2, -0.15) is 0 Å². The lowest BCUT2D eigenvalue weighted by atomic mass is 9.85. The average molecular weight is 717 g/mol. The van der Waals surface area contributed by atoms with E-state index in [9.17, 15) is 0 Å². The molecule has 7 aromatic rings. The van der Waals surface area contributed by atoms with Crippen LogP contribution >= 0.6 is 11.6 Å². The van der Waals surface area contributed by atoms with Crippen molar-refractivity contribution in [3.05, 3.63) is 94.5 Å². The molecule has 0 radical (unpaired) electrons. The van der Waals surface area contributed by atoms with E-state index in [0.29, 0.717) is 50.9 Å². The first-order valence-electron chi connectivity index (χ1n) is 18.1. The summed E-state index contributed by atoms with van der Waals surface area (Å²) in [6, 6.07) is 25.2. The highest BCUT2D eigenvalue weighted by Gasteiger charge is 2.26.